The van der Waals surface area contributed by atoms with E-state index in [2.05, 4.69) is 79.4 Å². The van der Waals surface area contributed by atoms with E-state index in [0.717, 1.165) is 74.1 Å². The lowest BCUT2D eigenvalue weighted by atomic mass is 9.78. The number of hydrogen-bond donors (Lipinski definition) is 1. The molecule has 1 atom stereocenters. The van der Waals surface area contributed by atoms with E-state index in [4.69, 9.17) is 4.74 Å². The number of ether oxygens (including phenoxy) is 1. The van der Waals surface area contributed by atoms with E-state index in [1.807, 2.05) is 10.9 Å². The second-order valence-corrected chi connectivity index (χ2v) is 12.4. The topological polar surface area (TPSA) is 67.6 Å². The summed E-state index contributed by atoms with van der Waals surface area (Å²) in [6.07, 6.45) is 12.3. The molecule has 0 aliphatic heterocycles. The van der Waals surface area contributed by atoms with Crippen molar-refractivity contribution in [3.8, 4) is 16.9 Å². The second kappa shape index (κ2) is 13.2. The van der Waals surface area contributed by atoms with Crippen LogP contribution in [-0.2, 0) is 4.79 Å². The first-order valence-electron chi connectivity index (χ1n) is 15.6. The van der Waals surface area contributed by atoms with Gasteiger partial charge in [0.15, 0.2) is 0 Å². The van der Waals surface area contributed by atoms with Crippen LogP contribution in [0, 0.1) is 18.8 Å². The summed E-state index contributed by atoms with van der Waals surface area (Å²) in [6.45, 7) is 7.22. The SMILES string of the molecule is CCC(C)n1cc(-c2cccc(N(C[C@H]3CC[C@H](c4ccc(OC)c(C)c4)CC3)C(=O)[C@H]3CC[C@H](O)CC3)c2)cn1. The largest absolute Gasteiger partial charge is 0.496 e. The molecule has 5 rings (SSSR count). The van der Waals surface area contributed by atoms with Crippen LogP contribution in [0.2, 0.25) is 0 Å². The third-order valence-corrected chi connectivity index (χ3v) is 9.62. The minimum absolute atomic E-state index is 0.0196. The van der Waals surface area contributed by atoms with Crippen LogP contribution in [0.1, 0.15) is 94.7 Å². The molecular formula is C35H47N3O3. The Morgan fingerprint density at radius 3 is 2.49 bits per heavy atom. The first-order valence-corrected chi connectivity index (χ1v) is 15.6. The molecule has 2 aromatic carbocycles. The zero-order valence-electron chi connectivity index (χ0n) is 25.3. The van der Waals surface area contributed by atoms with Gasteiger partial charge in [-0.1, -0.05) is 31.2 Å². The Kier molecular flexibility index (Phi) is 9.49. The van der Waals surface area contributed by atoms with E-state index in [1.54, 1.807) is 7.11 Å². The molecule has 0 bridgehead atoms. The Morgan fingerprint density at radius 1 is 1.05 bits per heavy atom. The van der Waals surface area contributed by atoms with Crippen molar-refractivity contribution in [1.82, 2.24) is 9.78 Å². The van der Waals surface area contributed by atoms with E-state index in [9.17, 15) is 9.90 Å². The summed E-state index contributed by atoms with van der Waals surface area (Å²) in [5.74, 6) is 2.18. The van der Waals surface area contributed by atoms with Gasteiger partial charge in [-0.2, -0.15) is 5.10 Å². The Morgan fingerprint density at radius 2 is 1.80 bits per heavy atom. The van der Waals surface area contributed by atoms with E-state index in [0.29, 0.717) is 30.7 Å². The third-order valence-electron chi connectivity index (χ3n) is 9.62. The zero-order valence-corrected chi connectivity index (χ0v) is 25.3. The number of benzene rings is 2. The molecule has 1 amide bonds. The van der Waals surface area contributed by atoms with Crippen molar-refractivity contribution in [2.75, 3.05) is 18.6 Å². The number of anilines is 1. The van der Waals surface area contributed by atoms with Crippen LogP contribution in [0.15, 0.2) is 54.9 Å². The quantitative estimate of drug-likeness (QED) is 0.293. The molecule has 0 saturated heterocycles. The molecule has 1 heterocycles. The summed E-state index contributed by atoms with van der Waals surface area (Å²) in [5, 5.41) is 14.7. The van der Waals surface area contributed by atoms with Crippen LogP contribution < -0.4 is 9.64 Å². The van der Waals surface area contributed by atoms with Crippen molar-refractivity contribution < 1.29 is 14.6 Å². The Labute approximate surface area is 245 Å². The minimum Gasteiger partial charge on any atom is -0.496 e. The molecule has 0 spiro atoms. The summed E-state index contributed by atoms with van der Waals surface area (Å²) in [6, 6.07) is 15.4. The lowest BCUT2D eigenvalue weighted by Crippen LogP contribution is -2.41. The van der Waals surface area contributed by atoms with Crippen LogP contribution in [-0.4, -0.2) is 40.6 Å². The normalized spacial score (nSPS) is 23.6. The first-order chi connectivity index (χ1) is 19.9. The molecule has 220 valence electrons. The number of rotatable bonds is 9. The van der Waals surface area contributed by atoms with E-state index >= 15 is 0 Å². The number of nitrogens with zero attached hydrogens (tertiary/aromatic N) is 3. The van der Waals surface area contributed by atoms with Gasteiger partial charge in [0, 0.05) is 36.0 Å². The number of hydrogen-bond acceptors (Lipinski definition) is 4. The van der Waals surface area contributed by atoms with Gasteiger partial charge in [-0.05, 0) is 118 Å². The molecule has 2 fully saturated rings. The molecule has 6 nitrogen and oxygen atoms in total. The Bertz CT molecular complexity index is 1300. The molecule has 41 heavy (non-hydrogen) atoms. The van der Waals surface area contributed by atoms with Gasteiger partial charge in [-0.3, -0.25) is 9.48 Å². The zero-order chi connectivity index (χ0) is 28.9. The van der Waals surface area contributed by atoms with Crippen molar-refractivity contribution in [2.24, 2.45) is 11.8 Å². The number of aryl methyl sites for hydroxylation is 1. The summed E-state index contributed by atoms with van der Waals surface area (Å²) in [4.78, 5) is 16.1. The number of aliphatic hydroxyl groups is 1. The van der Waals surface area contributed by atoms with Crippen molar-refractivity contribution in [3.05, 3.63) is 66.0 Å². The maximum absolute atomic E-state index is 14.1. The lowest BCUT2D eigenvalue weighted by Gasteiger charge is -2.36. The summed E-state index contributed by atoms with van der Waals surface area (Å²) >= 11 is 0. The van der Waals surface area contributed by atoms with Gasteiger partial charge in [0.1, 0.15) is 5.75 Å². The number of methoxy groups -OCH3 is 1. The summed E-state index contributed by atoms with van der Waals surface area (Å²) in [7, 11) is 1.73. The molecular weight excluding hydrogens is 510 g/mol. The maximum atomic E-state index is 14.1. The molecule has 2 aliphatic rings. The van der Waals surface area contributed by atoms with Gasteiger partial charge < -0.3 is 14.7 Å². The fourth-order valence-electron chi connectivity index (χ4n) is 6.73. The highest BCUT2D eigenvalue weighted by molar-refractivity contribution is 5.95. The van der Waals surface area contributed by atoms with Gasteiger partial charge in [-0.15, -0.1) is 0 Å². The average molecular weight is 558 g/mol. The van der Waals surface area contributed by atoms with Crippen molar-refractivity contribution >= 4 is 11.6 Å². The molecule has 2 saturated carbocycles. The fraction of sp³-hybridized carbons (Fsp3) is 0.543. The number of amides is 1. The van der Waals surface area contributed by atoms with E-state index in [1.165, 1.54) is 11.1 Å². The van der Waals surface area contributed by atoms with Crippen LogP contribution >= 0.6 is 0 Å². The Hall–Kier alpha value is -3.12. The fourth-order valence-corrected chi connectivity index (χ4v) is 6.73. The van der Waals surface area contributed by atoms with Gasteiger partial charge in [0.2, 0.25) is 5.91 Å². The second-order valence-electron chi connectivity index (χ2n) is 12.4. The van der Waals surface area contributed by atoms with Gasteiger partial charge >= 0.3 is 0 Å². The molecule has 1 N–H and O–H groups in total. The molecule has 2 aliphatic carbocycles. The van der Waals surface area contributed by atoms with Crippen LogP contribution in [0.5, 0.6) is 5.75 Å². The maximum Gasteiger partial charge on any atom is 0.230 e. The van der Waals surface area contributed by atoms with E-state index in [-0.39, 0.29) is 17.9 Å². The van der Waals surface area contributed by atoms with Crippen molar-refractivity contribution in [1.29, 1.82) is 0 Å². The highest BCUT2D eigenvalue weighted by atomic mass is 16.5. The standard InChI is InChI=1S/C35H47N3O3/c1-5-25(3)38-23-31(21-36-38)29-7-6-8-32(20-29)37(35(40)28-13-16-33(39)17-14-28)22-26-9-11-27(12-10-26)30-15-18-34(41-4)24(2)19-30/h6-8,15,18-21,23,25-28,33,39H,5,9-14,16-17,22H2,1-4H3/t25?,26-,27-,28-,33-. The third kappa shape index (κ3) is 6.86. The minimum atomic E-state index is -0.269. The predicted octanol–water partition coefficient (Wildman–Crippen LogP) is 7.70. The van der Waals surface area contributed by atoms with Crippen LogP contribution in [0.25, 0.3) is 11.1 Å². The summed E-state index contributed by atoms with van der Waals surface area (Å²) in [5.41, 5.74) is 5.74. The van der Waals surface area contributed by atoms with Gasteiger partial charge in [-0.25, -0.2) is 0 Å². The Balaban J connectivity index is 1.33. The van der Waals surface area contributed by atoms with E-state index < -0.39 is 0 Å². The highest BCUT2D eigenvalue weighted by Gasteiger charge is 2.32. The number of carbonyl (C=O) groups is 1. The molecule has 1 unspecified atom stereocenters. The number of carbonyl (C=O) groups excluding carboxylic acids is 1. The molecule has 0 radical (unpaired) electrons. The first kappa shape index (κ1) is 29.4. The van der Waals surface area contributed by atoms with Crippen LogP contribution in [0.4, 0.5) is 5.69 Å². The van der Waals surface area contributed by atoms with Crippen LogP contribution in [0.3, 0.4) is 0 Å². The van der Waals surface area contributed by atoms with Crippen molar-refractivity contribution in [3.63, 3.8) is 0 Å². The number of aliphatic hydroxyl groups excluding tert-OH is 1. The summed E-state index contributed by atoms with van der Waals surface area (Å²) < 4.78 is 7.49. The molecule has 6 heteroatoms. The average Bonchev–Trinajstić information content (AvgIpc) is 3.50. The van der Waals surface area contributed by atoms with Crippen molar-refractivity contribution in [2.45, 2.75) is 96.6 Å². The molecule has 1 aromatic heterocycles. The van der Waals surface area contributed by atoms with Gasteiger partial charge in [0.05, 0.1) is 19.4 Å². The lowest BCUT2D eigenvalue weighted by molar-refractivity contribution is -0.124. The monoisotopic (exact) mass is 557 g/mol. The van der Waals surface area contributed by atoms with Gasteiger partial charge in [0.25, 0.3) is 0 Å². The number of aromatic nitrogens is 2. The predicted molar refractivity (Wildman–Crippen MR) is 165 cm³/mol. The molecule has 3 aromatic rings. The smallest absolute Gasteiger partial charge is 0.230 e. The highest BCUT2D eigenvalue weighted by Crippen LogP contribution is 2.39.